The maximum atomic E-state index is 10.1. The molecule has 2 unspecified atom stereocenters. The lowest BCUT2D eigenvalue weighted by Gasteiger charge is -2.38. The van der Waals surface area contributed by atoms with Crippen molar-refractivity contribution in [1.82, 2.24) is 0 Å². The zero-order chi connectivity index (χ0) is 11.4. The maximum Gasteiger partial charge on any atom is 0.165 e. The van der Waals surface area contributed by atoms with Gasteiger partial charge in [-0.3, -0.25) is 0 Å². The lowest BCUT2D eigenvalue weighted by molar-refractivity contribution is -0.272. The molecule has 0 bridgehead atoms. The molecule has 0 aliphatic carbocycles. The Bertz CT molecular complexity index is 162. The molecule has 0 aromatic rings. The van der Waals surface area contributed by atoms with Crippen LogP contribution < -0.4 is 0 Å². The van der Waals surface area contributed by atoms with Crippen molar-refractivity contribution < 1.29 is 9.84 Å². The van der Waals surface area contributed by atoms with Crippen LogP contribution in [0.5, 0.6) is 0 Å². The Kier molecular flexibility index (Phi) is 5.10. The van der Waals surface area contributed by atoms with E-state index in [1.807, 2.05) is 20.8 Å². The summed E-state index contributed by atoms with van der Waals surface area (Å²) in [5.41, 5.74) is -0.234. The highest BCUT2D eigenvalue weighted by molar-refractivity contribution is 4.76. The van der Waals surface area contributed by atoms with Crippen LogP contribution in [0.25, 0.3) is 0 Å². The van der Waals surface area contributed by atoms with Gasteiger partial charge in [0.15, 0.2) is 5.79 Å². The van der Waals surface area contributed by atoms with Crippen LogP contribution in [0.2, 0.25) is 0 Å². The fourth-order valence-corrected chi connectivity index (χ4v) is 1.69. The van der Waals surface area contributed by atoms with Crippen molar-refractivity contribution in [2.45, 2.75) is 72.2 Å². The topological polar surface area (TPSA) is 29.5 Å². The van der Waals surface area contributed by atoms with Gasteiger partial charge in [-0.1, -0.05) is 27.2 Å². The summed E-state index contributed by atoms with van der Waals surface area (Å²) in [6, 6.07) is 0. The standard InChI is InChI=1S/C12H26O2/c1-7-9-11(4,5)14-12(6,13)10(3)8-2/h10,13H,7-9H2,1-6H3. The van der Waals surface area contributed by atoms with Crippen LogP contribution in [0.3, 0.4) is 0 Å². The minimum atomic E-state index is -1.01. The molecule has 86 valence electrons. The van der Waals surface area contributed by atoms with Crippen LogP contribution in [-0.4, -0.2) is 16.5 Å². The van der Waals surface area contributed by atoms with E-state index in [9.17, 15) is 5.11 Å². The first-order chi connectivity index (χ1) is 6.25. The second-order valence-electron chi connectivity index (χ2n) is 4.98. The van der Waals surface area contributed by atoms with Gasteiger partial charge in [0.2, 0.25) is 0 Å². The highest BCUT2D eigenvalue weighted by Gasteiger charge is 2.34. The van der Waals surface area contributed by atoms with E-state index >= 15 is 0 Å². The molecule has 0 rings (SSSR count). The molecule has 1 N–H and O–H groups in total. The first-order valence-electron chi connectivity index (χ1n) is 5.67. The number of aliphatic hydroxyl groups is 1. The molecule has 2 atom stereocenters. The molecule has 0 saturated heterocycles. The Morgan fingerprint density at radius 1 is 1.21 bits per heavy atom. The quantitative estimate of drug-likeness (QED) is 0.669. The van der Waals surface area contributed by atoms with Crippen LogP contribution in [0, 0.1) is 5.92 Å². The fraction of sp³-hybridized carbons (Fsp3) is 1.00. The van der Waals surface area contributed by atoms with Gasteiger partial charge < -0.3 is 9.84 Å². The van der Waals surface area contributed by atoms with E-state index in [1.165, 1.54) is 0 Å². The zero-order valence-electron chi connectivity index (χ0n) is 10.6. The van der Waals surface area contributed by atoms with Gasteiger partial charge in [0.1, 0.15) is 0 Å². The number of hydrogen-bond acceptors (Lipinski definition) is 2. The van der Waals surface area contributed by atoms with E-state index in [0.717, 1.165) is 19.3 Å². The number of hydrogen-bond donors (Lipinski definition) is 1. The minimum absolute atomic E-state index is 0.165. The lowest BCUT2D eigenvalue weighted by Crippen LogP contribution is -2.43. The van der Waals surface area contributed by atoms with Gasteiger partial charge >= 0.3 is 0 Å². The molecule has 0 radical (unpaired) electrons. The first kappa shape index (κ1) is 13.9. The molecule has 0 aliphatic heterocycles. The Morgan fingerprint density at radius 2 is 1.71 bits per heavy atom. The summed E-state index contributed by atoms with van der Waals surface area (Å²) in [6.07, 6.45) is 2.97. The monoisotopic (exact) mass is 202 g/mol. The Labute approximate surface area is 88.7 Å². The van der Waals surface area contributed by atoms with E-state index < -0.39 is 5.79 Å². The summed E-state index contributed by atoms with van der Waals surface area (Å²) in [4.78, 5) is 0. The van der Waals surface area contributed by atoms with Crippen molar-refractivity contribution in [2.75, 3.05) is 0 Å². The van der Waals surface area contributed by atoms with Crippen molar-refractivity contribution in [2.24, 2.45) is 5.92 Å². The van der Waals surface area contributed by atoms with Crippen LogP contribution in [0.1, 0.15) is 60.8 Å². The van der Waals surface area contributed by atoms with Crippen molar-refractivity contribution in [3.63, 3.8) is 0 Å². The van der Waals surface area contributed by atoms with E-state index in [2.05, 4.69) is 13.8 Å². The second kappa shape index (κ2) is 5.13. The van der Waals surface area contributed by atoms with Gasteiger partial charge in [-0.25, -0.2) is 0 Å². The third kappa shape index (κ3) is 4.43. The number of ether oxygens (including phenoxy) is 1. The summed E-state index contributed by atoms with van der Waals surface area (Å²) < 4.78 is 5.77. The Hall–Kier alpha value is -0.0800. The first-order valence-corrected chi connectivity index (χ1v) is 5.67. The molecule has 2 heteroatoms. The number of rotatable bonds is 6. The minimum Gasteiger partial charge on any atom is -0.365 e. The third-order valence-corrected chi connectivity index (χ3v) is 2.86. The lowest BCUT2D eigenvalue weighted by atomic mass is 9.96. The molecule has 0 aromatic heterocycles. The third-order valence-electron chi connectivity index (χ3n) is 2.86. The van der Waals surface area contributed by atoms with Gasteiger partial charge in [-0.05, 0) is 33.6 Å². The second-order valence-corrected chi connectivity index (χ2v) is 4.98. The van der Waals surface area contributed by atoms with E-state index in [1.54, 1.807) is 6.92 Å². The molecule has 2 nitrogen and oxygen atoms in total. The average molecular weight is 202 g/mol. The predicted molar refractivity (Wildman–Crippen MR) is 60.2 cm³/mol. The molecule has 0 amide bonds. The van der Waals surface area contributed by atoms with Gasteiger partial charge in [-0.15, -0.1) is 0 Å². The van der Waals surface area contributed by atoms with E-state index in [4.69, 9.17) is 4.74 Å². The van der Waals surface area contributed by atoms with Gasteiger partial charge in [0.05, 0.1) is 5.60 Å². The SMILES string of the molecule is CCCC(C)(C)OC(C)(O)C(C)CC. The van der Waals surface area contributed by atoms with Crippen LogP contribution >= 0.6 is 0 Å². The Balaban J connectivity index is 4.33. The molecule has 0 fully saturated rings. The van der Waals surface area contributed by atoms with Crippen LogP contribution in [-0.2, 0) is 4.74 Å². The van der Waals surface area contributed by atoms with Gasteiger partial charge in [-0.2, -0.15) is 0 Å². The van der Waals surface area contributed by atoms with Crippen molar-refractivity contribution >= 4 is 0 Å². The highest BCUT2D eigenvalue weighted by Crippen LogP contribution is 2.29. The van der Waals surface area contributed by atoms with Crippen LogP contribution in [0.4, 0.5) is 0 Å². The summed E-state index contributed by atoms with van der Waals surface area (Å²) in [5.74, 6) is -0.841. The summed E-state index contributed by atoms with van der Waals surface area (Å²) in [6.45, 7) is 12.0. The largest absolute Gasteiger partial charge is 0.365 e. The van der Waals surface area contributed by atoms with Crippen LogP contribution in [0.15, 0.2) is 0 Å². The average Bonchev–Trinajstić information content (AvgIpc) is 2.00. The zero-order valence-corrected chi connectivity index (χ0v) is 10.6. The smallest absolute Gasteiger partial charge is 0.165 e. The predicted octanol–water partition coefficient (Wildman–Crippen LogP) is 3.34. The van der Waals surface area contributed by atoms with Gasteiger partial charge in [0, 0.05) is 5.92 Å². The highest BCUT2D eigenvalue weighted by atomic mass is 16.6. The van der Waals surface area contributed by atoms with E-state index in [0.29, 0.717) is 0 Å². The summed E-state index contributed by atoms with van der Waals surface area (Å²) in [7, 11) is 0. The van der Waals surface area contributed by atoms with Gasteiger partial charge in [0.25, 0.3) is 0 Å². The molecule has 0 saturated carbocycles. The molecule has 0 heterocycles. The molecule has 0 spiro atoms. The normalized spacial score (nSPS) is 19.1. The Morgan fingerprint density at radius 3 is 2.07 bits per heavy atom. The molecule has 0 aromatic carbocycles. The summed E-state index contributed by atoms with van der Waals surface area (Å²) >= 11 is 0. The summed E-state index contributed by atoms with van der Waals surface area (Å²) in [5, 5.41) is 10.1. The van der Waals surface area contributed by atoms with Crippen molar-refractivity contribution in [3.05, 3.63) is 0 Å². The van der Waals surface area contributed by atoms with E-state index in [-0.39, 0.29) is 11.5 Å². The molecular formula is C12H26O2. The molecule has 14 heavy (non-hydrogen) atoms. The fourth-order valence-electron chi connectivity index (χ4n) is 1.69. The van der Waals surface area contributed by atoms with Crippen molar-refractivity contribution in [3.8, 4) is 0 Å². The molecular weight excluding hydrogens is 176 g/mol. The molecule has 0 aliphatic rings. The van der Waals surface area contributed by atoms with Crippen molar-refractivity contribution in [1.29, 1.82) is 0 Å². The maximum absolute atomic E-state index is 10.1.